The van der Waals surface area contributed by atoms with Crippen molar-refractivity contribution in [3.8, 4) is 0 Å². The molecule has 0 heterocycles. The Balaban J connectivity index is 2.01. The third-order valence-electron chi connectivity index (χ3n) is 3.95. The van der Waals surface area contributed by atoms with E-state index in [-0.39, 0.29) is 0 Å². The number of hydrogen-bond acceptors (Lipinski definition) is 2. The van der Waals surface area contributed by atoms with Crippen molar-refractivity contribution >= 4 is 11.4 Å². The molecule has 1 saturated carbocycles. The maximum Gasteiger partial charge on any atom is 0.0578 e. The van der Waals surface area contributed by atoms with Crippen LogP contribution < -0.4 is 11.1 Å². The molecule has 1 fully saturated rings. The SMILES string of the molecule is Cc1ccc(N)c(NC(C)C2CCCCC2)c1. The topological polar surface area (TPSA) is 38.0 Å². The maximum absolute atomic E-state index is 6.00. The van der Waals surface area contributed by atoms with Crippen LogP contribution in [-0.4, -0.2) is 6.04 Å². The third-order valence-corrected chi connectivity index (χ3v) is 3.95. The molecule has 0 aliphatic heterocycles. The molecule has 0 spiro atoms. The predicted octanol–water partition coefficient (Wildman–Crippen LogP) is 3.96. The fourth-order valence-electron chi connectivity index (χ4n) is 2.79. The quantitative estimate of drug-likeness (QED) is 0.774. The summed E-state index contributed by atoms with van der Waals surface area (Å²) in [4.78, 5) is 0. The number of aryl methyl sites for hydroxylation is 1. The van der Waals surface area contributed by atoms with Gasteiger partial charge in [0.2, 0.25) is 0 Å². The lowest BCUT2D eigenvalue weighted by Crippen LogP contribution is -2.28. The Bertz CT molecular complexity index is 367. The first-order chi connectivity index (χ1) is 8.16. The van der Waals surface area contributed by atoms with Crippen molar-refractivity contribution in [3.05, 3.63) is 23.8 Å². The van der Waals surface area contributed by atoms with Gasteiger partial charge in [-0.2, -0.15) is 0 Å². The number of hydrogen-bond donors (Lipinski definition) is 2. The molecular weight excluding hydrogens is 208 g/mol. The lowest BCUT2D eigenvalue weighted by molar-refractivity contribution is 0.328. The maximum atomic E-state index is 6.00. The molecule has 2 heteroatoms. The second kappa shape index (κ2) is 5.44. The van der Waals surface area contributed by atoms with Crippen LogP contribution in [0.15, 0.2) is 18.2 Å². The Hall–Kier alpha value is -1.18. The Morgan fingerprint density at radius 1 is 1.24 bits per heavy atom. The summed E-state index contributed by atoms with van der Waals surface area (Å²) in [5.41, 5.74) is 9.23. The first kappa shape index (κ1) is 12.3. The van der Waals surface area contributed by atoms with Crippen LogP contribution >= 0.6 is 0 Å². The van der Waals surface area contributed by atoms with Crippen molar-refractivity contribution in [1.82, 2.24) is 0 Å². The Kier molecular flexibility index (Phi) is 3.93. The van der Waals surface area contributed by atoms with Crippen LogP contribution in [0.5, 0.6) is 0 Å². The van der Waals surface area contributed by atoms with E-state index in [0.29, 0.717) is 6.04 Å². The number of rotatable bonds is 3. The molecule has 0 saturated heterocycles. The van der Waals surface area contributed by atoms with Crippen molar-refractivity contribution in [3.63, 3.8) is 0 Å². The van der Waals surface area contributed by atoms with E-state index in [9.17, 15) is 0 Å². The van der Waals surface area contributed by atoms with Crippen molar-refractivity contribution in [1.29, 1.82) is 0 Å². The first-order valence-electron chi connectivity index (χ1n) is 6.79. The van der Waals surface area contributed by atoms with Gasteiger partial charge in [0.05, 0.1) is 11.4 Å². The molecule has 3 N–H and O–H groups in total. The van der Waals surface area contributed by atoms with Gasteiger partial charge in [-0.25, -0.2) is 0 Å². The molecule has 0 radical (unpaired) electrons. The summed E-state index contributed by atoms with van der Waals surface area (Å²) >= 11 is 0. The molecule has 0 amide bonds. The largest absolute Gasteiger partial charge is 0.397 e. The molecular formula is C15H24N2. The second-order valence-corrected chi connectivity index (χ2v) is 5.42. The van der Waals surface area contributed by atoms with E-state index in [1.54, 1.807) is 0 Å². The molecule has 1 aromatic carbocycles. The van der Waals surface area contributed by atoms with E-state index in [0.717, 1.165) is 17.3 Å². The molecule has 17 heavy (non-hydrogen) atoms. The van der Waals surface area contributed by atoms with Gasteiger partial charge in [-0.15, -0.1) is 0 Å². The first-order valence-corrected chi connectivity index (χ1v) is 6.79. The second-order valence-electron chi connectivity index (χ2n) is 5.42. The zero-order valence-corrected chi connectivity index (χ0v) is 11.0. The highest BCUT2D eigenvalue weighted by molar-refractivity contribution is 5.67. The van der Waals surface area contributed by atoms with Crippen LogP contribution in [0.1, 0.15) is 44.6 Å². The monoisotopic (exact) mass is 232 g/mol. The van der Waals surface area contributed by atoms with Crippen LogP contribution in [0.3, 0.4) is 0 Å². The van der Waals surface area contributed by atoms with Crippen LogP contribution in [0.4, 0.5) is 11.4 Å². The van der Waals surface area contributed by atoms with E-state index in [2.05, 4.69) is 31.3 Å². The van der Waals surface area contributed by atoms with E-state index in [1.165, 1.54) is 37.7 Å². The van der Waals surface area contributed by atoms with Gasteiger partial charge in [0, 0.05) is 6.04 Å². The minimum absolute atomic E-state index is 0.527. The molecule has 94 valence electrons. The molecule has 2 nitrogen and oxygen atoms in total. The Morgan fingerprint density at radius 3 is 2.65 bits per heavy atom. The van der Waals surface area contributed by atoms with Gasteiger partial charge < -0.3 is 11.1 Å². The normalized spacial score (nSPS) is 18.9. The summed E-state index contributed by atoms with van der Waals surface area (Å²) in [7, 11) is 0. The van der Waals surface area contributed by atoms with Crippen LogP contribution in [-0.2, 0) is 0 Å². The molecule has 0 aromatic heterocycles. The summed E-state index contributed by atoms with van der Waals surface area (Å²) < 4.78 is 0. The van der Waals surface area contributed by atoms with Crippen molar-refractivity contribution in [2.24, 2.45) is 5.92 Å². The van der Waals surface area contributed by atoms with Crippen LogP contribution in [0.2, 0.25) is 0 Å². The third kappa shape index (κ3) is 3.15. The average molecular weight is 232 g/mol. The highest BCUT2D eigenvalue weighted by atomic mass is 14.9. The van der Waals surface area contributed by atoms with E-state index < -0.39 is 0 Å². The summed E-state index contributed by atoms with van der Waals surface area (Å²) in [6, 6.07) is 6.73. The van der Waals surface area contributed by atoms with Gasteiger partial charge >= 0.3 is 0 Å². The van der Waals surface area contributed by atoms with Gasteiger partial charge in [0.1, 0.15) is 0 Å². The fraction of sp³-hybridized carbons (Fsp3) is 0.600. The Morgan fingerprint density at radius 2 is 1.94 bits per heavy atom. The minimum atomic E-state index is 0.527. The number of nitrogen functional groups attached to an aromatic ring is 1. The molecule has 1 aliphatic carbocycles. The molecule has 1 atom stereocenters. The van der Waals surface area contributed by atoms with E-state index in [1.807, 2.05) is 6.07 Å². The number of nitrogens with two attached hydrogens (primary N) is 1. The number of anilines is 2. The fourth-order valence-corrected chi connectivity index (χ4v) is 2.79. The lowest BCUT2D eigenvalue weighted by atomic mass is 9.84. The van der Waals surface area contributed by atoms with Crippen LogP contribution in [0.25, 0.3) is 0 Å². The van der Waals surface area contributed by atoms with Gasteiger partial charge in [0.25, 0.3) is 0 Å². The molecule has 1 aliphatic rings. The highest BCUT2D eigenvalue weighted by Gasteiger charge is 2.20. The Labute approximate surface area is 105 Å². The van der Waals surface area contributed by atoms with Gasteiger partial charge in [0.15, 0.2) is 0 Å². The standard InChI is InChI=1S/C15H24N2/c1-11-8-9-14(16)15(10-11)17-12(2)13-6-4-3-5-7-13/h8-10,12-13,17H,3-7,16H2,1-2H3. The van der Waals surface area contributed by atoms with E-state index in [4.69, 9.17) is 5.73 Å². The molecule has 1 aromatic rings. The van der Waals surface area contributed by atoms with E-state index >= 15 is 0 Å². The summed E-state index contributed by atoms with van der Waals surface area (Å²) in [5, 5.41) is 3.60. The number of benzene rings is 1. The zero-order chi connectivity index (χ0) is 12.3. The number of nitrogens with one attached hydrogen (secondary N) is 1. The summed E-state index contributed by atoms with van der Waals surface area (Å²) in [5.74, 6) is 0.809. The summed E-state index contributed by atoms with van der Waals surface area (Å²) in [6.07, 6.45) is 6.91. The summed E-state index contributed by atoms with van der Waals surface area (Å²) in [6.45, 7) is 4.40. The molecule has 1 unspecified atom stereocenters. The zero-order valence-electron chi connectivity index (χ0n) is 11.0. The van der Waals surface area contributed by atoms with Crippen molar-refractivity contribution < 1.29 is 0 Å². The lowest BCUT2D eigenvalue weighted by Gasteiger charge is -2.29. The van der Waals surface area contributed by atoms with Crippen molar-refractivity contribution in [2.45, 2.75) is 52.0 Å². The highest BCUT2D eigenvalue weighted by Crippen LogP contribution is 2.29. The van der Waals surface area contributed by atoms with Crippen molar-refractivity contribution in [2.75, 3.05) is 11.1 Å². The van der Waals surface area contributed by atoms with Gasteiger partial charge in [-0.1, -0.05) is 25.3 Å². The molecule has 0 bridgehead atoms. The minimum Gasteiger partial charge on any atom is -0.397 e. The molecule has 2 rings (SSSR count). The average Bonchev–Trinajstić information content (AvgIpc) is 2.35. The van der Waals surface area contributed by atoms with Gasteiger partial charge in [-0.05, 0) is 50.3 Å². The predicted molar refractivity (Wildman–Crippen MR) is 75.3 cm³/mol. The smallest absolute Gasteiger partial charge is 0.0578 e. The van der Waals surface area contributed by atoms with Gasteiger partial charge in [-0.3, -0.25) is 0 Å². The van der Waals surface area contributed by atoms with Crippen LogP contribution in [0, 0.1) is 12.8 Å².